The van der Waals surface area contributed by atoms with Crippen LogP contribution in [-0.4, -0.2) is 22.3 Å². The van der Waals surface area contributed by atoms with Crippen molar-refractivity contribution >= 4 is 5.82 Å². The monoisotopic (exact) mass is 266 g/mol. The smallest absolute Gasteiger partial charge is 0.153 e. The van der Waals surface area contributed by atoms with Crippen molar-refractivity contribution in [2.75, 3.05) is 12.8 Å². The molecule has 5 heteroatoms. The fourth-order valence-corrected chi connectivity index (χ4v) is 2.15. The molecule has 1 aromatic carbocycles. The fourth-order valence-electron chi connectivity index (χ4n) is 2.15. The molecule has 100 valence electrons. The zero-order valence-electron chi connectivity index (χ0n) is 11.0. The summed E-state index contributed by atoms with van der Waals surface area (Å²) < 4.78 is 5.25. The molecule has 0 radical (unpaired) electrons. The van der Waals surface area contributed by atoms with Crippen molar-refractivity contribution in [2.24, 2.45) is 0 Å². The first kappa shape index (κ1) is 12.2. The van der Waals surface area contributed by atoms with E-state index >= 15 is 0 Å². The number of ether oxygens (including phenoxy) is 1. The summed E-state index contributed by atoms with van der Waals surface area (Å²) in [7, 11) is 1.64. The van der Waals surface area contributed by atoms with Gasteiger partial charge >= 0.3 is 0 Å². The summed E-state index contributed by atoms with van der Waals surface area (Å²) in [6, 6.07) is 11.6. The topological polar surface area (TPSA) is 76.8 Å². The van der Waals surface area contributed by atoms with Gasteiger partial charge in [-0.15, -0.1) is 0 Å². The van der Waals surface area contributed by atoms with Gasteiger partial charge in [0.25, 0.3) is 0 Å². The highest BCUT2D eigenvalue weighted by molar-refractivity contribution is 5.87. The lowest BCUT2D eigenvalue weighted by molar-refractivity contribution is 0.415. The number of aromatic nitrogens is 3. The van der Waals surface area contributed by atoms with Crippen molar-refractivity contribution < 1.29 is 4.74 Å². The van der Waals surface area contributed by atoms with Crippen molar-refractivity contribution in [2.45, 2.75) is 0 Å². The molecule has 0 amide bonds. The van der Waals surface area contributed by atoms with E-state index in [1.54, 1.807) is 19.5 Å². The maximum absolute atomic E-state index is 5.98. The van der Waals surface area contributed by atoms with Crippen LogP contribution < -0.4 is 10.5 Å². The third-order valence-electron chi connectivity index (χ3n) is 3.10. The Kier molecular flexibility index (Phi) is 3.09. The molecule has 2 heterocycles. The molecular formula is C15H14N4O. The maximum atomic E-state index is 5.98. The van der Waals surface area contributed by atoms with Crippen molar-refractivity contribution in [1.82, 2.24) is 15.2 Å². The first-order valence-corrected chi connectivity index (χ1v) is 6.18. The second kappa shape index (κ2) is 5.05. The van der Waals surface area contributed by atoms with Crippen LogP contribution in [-0.2, 0) is 0 Å². The Morgan fingerprint density at radius 1 is 1.15 bits per heavy atom. The highest BCUT2D eigenvalue weighted by atomic mass is 16.5. The van der Waals surface area contributed by atoms with E-state index in [2.05, 4.69) is 15.2 Å². The lowest BCUT2D eigenvalue weighted by Crippen LogP contribution is -1.89. The van der Waals surface area contributed by atoms with Crippen LogP contribution in [0.2, 0.25) is 0 Å². The normalized spacial score (nSPS) is 10.4. The molecule has 2 aromatic heterocycles. The number of benzene rings is 1. The largest absolute Gasteiger partial charge is 0.497 e. The van der Waals surface area contributed by atoms with Crippen molar-refractivity contribution in [3.8, 4) is 28.1 Å². The number of nitrogens with two attached hydrogens (primary N) is 1. The van der Waals surface area contributed by atoms with Gasteiger partial charge in [-0.1, -0.05) is 18.2 Å². The Hall–Kier alpha value is -2.82. The second-order valence-corrected chi connectivity index (χ2v) is 4.33. The van der Waals surface area contributed by atoms with E-state index in [4.69, 9.17) is 10.5 Å². The van der Waals surface area contributed by atoms with Gasteiger partial charge in [0.2, 0.25) is 0 Å². The molecule has 5 nitrogen and oxygen atoms in total. The van der Waals surface area contributed by atoms with Crippen LogP contribution in [0.15, 0.2) is 48.8 Å². The van der Waals surface area contributed by atoms with Gasteiger partial charge in [-0.2, -0.15) is 5.10 Å². The number of nitrogens with zero attached hydrogens (tertiary/aromatic N) is 2. The van der Waals surface area contributed by atoms with E-state index in [9.17, 15) is 0 Å². The van der Waals surface area contributed by atoms with Crippen LogP contribution in [0, 0.1) is 0 Å². The van der Waals surface area contributed by atoms with Crippen LogP contribution in [0.25, 0.3) is 22.4 Å². The average Bonchev–Trinajstić information content (AvgIpc) is 2.90. The van der Waals surface area contributed by atoms with Gasteiger partial charge in [0.05, 0.1) is 18.4 Å². The lowest BCUT2D eigenvalue weighted by atomic mass is 10.0. The lowest BCUT2D eigenvalue weighted by Gasteiger charge is -2.06. The molecule has 0 aliphatic heterocycles. The van der Waals surface area contributed by atoms with Gasteiger partial charge < -0.3 is 10.5 Å². The van der Waals surface area contributed by atoms with Gasteiger partial charge in [0, 0.05) is 23.5 Å². The molecule has 0 atom stereocenters. The summed E-state index contributed by atoms with van der Waals surface area (Å²) in [6.45, 7) is 0. The number of nitrogens with one attached hydrogen (secondary N) is 1. The summed E-state index contributed by atoms with van der Waals surface area (Å²) >= 11 is 0. The zero-order chi connectivity index (χ0) is 13.9. The Balaban J connectivity index is 2.16. The molecule has 3 aromatic rings. The SMILES string of the molecule is COc1cccc(-c2[nH]nc(N)c2-c2cccnc2)c1. The van der Waals surface area contributed by atoms with E-state index in [1.165, 1.54) is 0 Å². The number of hydrogen-bond donors (Lipinski definition) is 2. The fraction of sp³-hybridized carbons (Fsp3) is 0.0667. The molecule has 0 fully saturated rings. The Bertz CT molecular complexity index is 722. The molecule has 0 saturated heterocycles. The number of methoxy groups -OCH3 is 1. The standard InChI is InChI=1S/C15H14N4O/c1-20-12-6-2-4-10(8-12)14-13(15(16)19-18-14)11-5-3-7-17-9-11/h2-9H,1H3,(H3,16,18,19). The van der Waals surface area contributed by atoms with Crippen molar-refractivity contribution in [3.05, 3.63) is 48.8 Å². The quantitative estimate of drug-likeness (QED) is 0.764. The summed E-state index contributed by atoms with van der Waals surface area (Å²) in [4.78, 5) is 4.13. The first-order valence-electron chi connectivity index (χ1n) is 6.18. The van der Waals surface area contributed by atoms with Crippen molar-refractivity contribution in [3.63, 3.8) is 0 Å². The van der Waals surface area contributed by atoms with E-state index in [0.717, 1.165) is 28.1 Å². The van der Waals surface area contributed by atoms with E-state index in [0.29, 0.717) is 5.82 Å². The third kappa shape index (κ3) is 2.09. The van der Waals surface area contributed by atoms with Crippen LogP contribution >= 0.6 is 0 Å². The zero-order valence-corrected chi connectivity index (χ0v) is 11.0. The Labute approximate surface area is 116 Å². The molecule has 3 rings (SSSR count). The maximum Gasteiger partial charge on any atom is 0.153 e. The summed E-state index contributed by atoms with van der Waals surface area (Å²) in [6.07, 6.45) is 3.50. The number of anilines is 1. The molecule has 0 spiro atoms. The third-order valence-corrected chi connectivity index (χ3v) is 3.10. The number of H-pyrrole nitrogens is 1. The van der Waals surface area contributed by atoms with Crippen LogP contribution in [0.3, 0.4) is 0 Å². The van der Waals surface area contributed by atoms with Gasteiger partial charge in [-0.25, -0.2) is 0 Å². The van der Waals surface area contributed by atoms with Crippen LogP contribution in [0.1, 0.15) is 0 Å². The summed E-state index contributed by atoms with van der Waals surface area (Å²) in [5.74, 6) is 1.24. The van der Waals surface area contributed by atoms with Crippen molar-refractivity contribution in [1.29, 1.82) is 0 Å². The van der Waals surface area contributed by atoms with Crippen LogP contribution in [0.4, 0.5) is 5.82 Å². The highest BCUT2D eigenvalue weighted by Crippen LogP contribution is 2.35. The average molecular weight is 266 g/mol. The van der Waals surface area contributed by atoms with E-state index in [1.807, 2.05) is 36.4 Å². The second-order valence-electron chi connectivity index (χ2n) is 4.33. The Morgan fingerprint density at radius 3 is 2.75 bits per heavy atom. The molecule has 0 unspecified atom stereocenters. The predicted molar refractivity (Wildman–Crippen MR) is 78.2 cm³/mol. The number of nitrogen functional groups attached to an aromatic ring is 1. The van der Waals surface area contributed by atoms with Gasteiger partial charge in [-0.05, 0) is 18.2 Å². The van der Waals surface area contributed by atoms with E-state index in [-0.39, 0.29) is 0 Å². The summed E-state index contributed by atoms with van der Waals surface area (Å²) in [5, 5.41) is 7.09. The molecular weight excluding hydrogens is 252 g/mol. The minimum absolute atomic E-state index is 0.454. The first-order chi connectivity index (χ1) is 9.79. The van der Waals surface area contributed by atoms with Gasteiger partial charge in [0.15, 0.2) is 5.82 Å². The minimum Gasteiger partial charge on any atom is -0.497 e. The number of pyridine rings is 1. The van der Waals surface area contributed by atoms with Gasteiger partial charge in [0.1, 0.15) is 5.75 Å². The summed E-state index contributed by atoms with van der Waals surface area (Å²) in [5.41, 5.74) is 9.58. The number of rotatable bonds is 3. The highest BCUT2D eigenvalue weighted by Gasteiger charge is 2.15. The van der Waals surface area contributed by atoms with E-state index < -0.39 is 0 Å². The minimum atomic E-state index is 0.454. The number of hydrogen-bond acceptors (Lipinski definition) is 4. The molecule has 3 N–H and O–H groups in total. The number of aromatic amines is 1. The molecule has 0 saturated carbocycles. The molecule has 0 aliphatic carbocycles. The van der Waals surface area contributed by atoms with Crippen LogP contribution in [0.5, 0.6) is 5.75 Å². The molecule has 0 aliphatic rings. The molecule has 0 bridgehead atoms. The Morgan fingerprint density at radius 2 is 2.00 bits per heavy atom. The predicted octanol–water partition coefficient (Wildman–Crippen LogP) is 2.73. The van der Waals surface area contributed by atoms with Gasteiger partial charge in [-0.3, -0.25) is 10.1 Å². The molecule has 20 heavy (non-hydrogen) atoms.